The summed E-state index contributed by atoms with van der Waals surface area (Å²) in [5.74, 6) is -2.52. The Bertz CT molecular complexity index is 1320. The number of cyclic esters (lactones) is 2. The average molecular weight is 418 g/mol. The highest BCUT2D eigenvalue weighted by Gasteiger charge is 2.78. The van der Waals surface area contributed by atoms with Gasteiger partial charge in [0.1, 0.15) is 23.0 Å². The number of esters is 2. The number of hydrogen-bond donors (Lipinski definition) is 0. The van der Waals surface area contributed by atoms with Crippen LogP contribution in [0.25, 0.3) is 10.8 Å². The number of rotatable bonds is 2. The summed E-state index contributed by atoms with van der Waals surface area (Å²) in [6.07, 6.45) is 0. The summed E-state index contributed by atoms with van der Waals surface area (Å²) in [5.41, 5.74) is 1.38. The van der Waals surface area contributed by atoms with E-state index in [-0.39, 0.29) is 0 Å². The third kappa shape index (κ3) is 1.92. The van der Waals surface area contributed by atoms with Gasteiger partial charge in [-0.15, -0.1) is 0 Å². The van der Waals surface area contributed by atoms with Gasteiger partial charge in [-0.05, 0) is 45.2 Å². The van der Waals surface area contributed by atoms with Crippen molar-refractivity contribution in [1.82, 2.24) is 0 Å². The molecule has 3 heterocycles. The lowest BCUT2D eigenvalue weighted by Crippen LogP contribution is -2.42. The van der Waals surface area contributed by atoms with Crippen molar-refractivity contribution in [3.05, 3.63) is 119 Å². The van der Waals surface area contributed by atoms with Gasteiger partial charge in [0.15, 0.2) is 0 Å². The molecule has 2 saturated heterocycles. The summed E-state index contributed by atoms with van der Waals surface area (Å²) in [7, 11) is 0. The molecule has 0 aromatic heterocycles. The molecule has 3 aliphatic rings. The van der Waals surface area contributed by atoms with Crippen LogP contribution in [0.1, 0.15) is 22.3 Å². The molecule has 7 rings (SSSR count). The maximum atomic E-state index is 13.2. The van der Waals surface area contributed by atoms with Crippen molar-refractivity contribution < 1.29 is 19.1 Å². The van der Waals surface area contributed by atoms with Crippen LogP contribution < -0.4 is 0 Å². The standard InChI is InChI=1S/C28H18O4/c29-25-23-24(26(30)31-25)28(20-13-5-2-6-14-20)22-16-18-10-8-7-9-17(18)15-21(22)27(23,32-28)19-11-3-1-4-12-19/h1-16,23-24H/t23-,24-,27+,28+/m1/s1. The van der Waals surface area contributed by atoms with Gasteiger partial charge in [0, 0.05) is 0 Å². The zero-order valence-corrected chi connectivity index (χ0v) is 17.0. The molecule has 32 heavy (non-hydrogen) atoms. The number of carbonyl (C=O) groups is 2. The van der Waals surface area contributed by atoms with Gasteiger partial charge in [-0.2, -0.15) is 0 Å². The Morgan fingerprint density at radius 3 is 1.41 bits per heavy atom. The smallest absolute Gasteiger partial charge is 0.321 e. The summed E-state index contributed by atoms with van der Waals surface area (Å²) >= 11 is 0. The molecular weight excluding hydrogens is 400 g/mol. The minimum atomic E-state index is -1.09. The summed E-state index contributed by atoms with van der Waals surface area (Å²) in [6.45, 7) is 0. The Morgan fingerprint density at radius 2 is 0.969 bits per heavy atom. The maximum absolute atomic E-state index is 13.2. The fraction of sp³-hybridized carbons (Fsp3) is 0.143. The first-order chi connectivity index (χ1) is 15.7. The first-order valence-corrected chi connectivity index (χ1v) is 10.8. The van der Waals surface area contributed by atoms with Gasteiger partial charge >= 0.3 is 11.9 Å². The van der Waals surface area contributed by atoms with Gasteiger partial charge in [0.05, 0.1) is 0 Å². The van der Waals surface area contributed by atoms with Gasteiger partial charge in [-0.3, -0.25) is 9.59 Å². The predicted molar refractivity (Wildman–Crippen MR) is 118 cm³/mol. The molecule has 0 aliphatic carbocycles. The van der Waals surface area contributed by atoms with Crippen LogP contribution in [0.2, 0.25) is 0 Å². The first kappa shape index (κ1) is 17.9. The third-order valence-electron chi connectivity index (χ3n) is 7.33. The summed E-state index contributed by atoms with van der Waals surface area (Å²) < 4.78 is 12.3. The van der Waals surface area contributed by atoms with E-state index in [1.54, 1.807) is 0 Å². The molecule has 4 heteroatoms. The maximum Gasteiger partial charge on any atom is 0.321 e. The quantitative estimate of drug-likeness (QED) is 0.350. The molecule has 0 unspecified atom stereocenters. The number of carbonyl (C=O) groups excluding carboxylic acids is 2. The van der Waals surface area contributed by atoms with Crippen molar-refractivity contribution in [3.63, 3.8) is 0 Å². The zero-order chi connectivity index (χ0) is 21.5. The van der Waals surface area contributed by atoms with Gasteiger partial charge in [0.2, 0.25) is 0 Å². The van der Waals surface area contributed by atoms with Crippen LogP contribution in [0.15, 0.2) is 97.1 Å². The second-order valence-corrected chi connectivity index (χ2v) is 8.75. The highest BCUT2D eigenvalue weighted by atomic mass is 16.6. The van der Waals surface area contributed by atoms with Crippen molar-refractivity contribution in [2.45, 2.75) is 11.2 Å². The molecule has 3 aliphatic heterocycles. The minimum absolute atomic E-state index is 0.513. The molecule has 4 aromatic carbocycles. The fourth-order valence-corrected chi connectivity index (χ4v) is 6.14. The third-order valence-corrected chi connectivity index (χ3v) is 7.33. The van der Waals surface area contributed by atoms with Crippen molar-refractivity contribution >= 4 is 22.7 Å². The van der Waals surface area contributed by atoms with Crippen LogP contribution in [0.4, 0.5) is 0 Å². The SMILES string of the molecule is O=C1OC(=O)[C@H]2[C@H]1[C@@]1(c3ccccc3)O[C@@]2(c2ccccc2)c2cc3ccccc3cc21. The molecule has 0 amide bonds. The van der Waals surface area contributed by atoms with Crippen LogP contribution in [0.3, 0.4) is 0 Å². The van der Waals surface area contributed by atoms with E-state index in [9.17, 15) is 9.59 Å². The van der Waals surface area contributed by atoms with Crippen LogP contribution in [0.5, 0.6) is 0 Å². The van der Waals surface area contributed by atoms with Crippen molar-refractivity contribution in [3.8, 4) is 0 Å². The average Bonchev–Trinajstić information content (AvgIpc) is 3.44. The van der Waals surface area contributed by atoms with E-state index in [1.165, 1.54) is 0 Å². The van der Waals surface area contributed by atoms with Crippen LogP contribution in [-0.4, -0.2) is 11.9 Å². The number of fused-ring (bicyclic) bond motifs is 9. The lowest BCUT2D eigenvalue weighted by molar-refractivity contribution is -0.162. The number of ether oxygens (including phenoxy) is 2. The molecule has 0 radical (unpaired) electrons. The van der Waals surface area contributed by atoms with E-state index >= 15 is 0 Å². The van der Waals surface area contributed by atoms with Gasteiger partial charge < -0.3 is 9.47 Å². The Hall–Kier alpha value is -3.76. The molecule has 4 nitrogen and oxygen atoms in total. The van der Waals surface area contributed by atoms with Crippen molar-refractivity contribution in [2.24, 2.45) is 11.8 Å². The Morgan fingerprint density at radius 1 is 0.562 bits per heavy atom. The van der Waals surface area contributed by atoms with Crippen LogP contribution in [-0.2, 0) is 30.3 Å². The number of hydrogen-bond acceptors (Lipinski definition) is 4. The van der Waals surface area contributed by atoms with Crippen molar-refractivity contribution in [2.75, 3.05) is 0 Å². The molecule has 154 valence electrons. The van der Waals surface area contributed by atoms with Gasteiger partial charge in [0.25, 0.3) is 0 Å². The fourth-order valence-electron chi connectivity index (χ4n) is 6.14. The van der Waals surface area contributed by atoms with E-state index in [0.717, 1.165) is 33.0 Å². The normalized spacial score (nSPS) is 29.8. The Kier molecular flexibility index (Phi) is 3.31. The molecule has 4 aromatic rings. The molecule has 2 fully saturated rings. The highest BCUT2D eigenvalue weighted by Crippen LogP contribution is 2.70. The zero-order valence-electron chi connectivity index (χ0n) is 17.0. The van der Waals surface area contributed by atoms with E-state index in [0.29, 0.717) is 0 Å². The lowest BCUT2D eigenvalue weighted by Gasteiger charge is -2.34. The molecule has 0 saturated carbocycles. The molecular formula is C28H18O4. The molecule has 4 atom stereocenters. The van der Waals surface area contributed by atoms with E-state index in [2.05, 4.69) is 24.3 Å². The number of benzene rings is 4. The minimum Gasteiger partial charge on any atom is -0.392 e. The van der Waals surface area contributed by atoms with Crippen LogP contribution in [0, 0.1) is 11.8 Å². The van der Waals surface area contributed by atoms with E-state index < -0.39 is 35.0 Å². The molecule has 0 N–H and O–H groups in total. The largest absolute Gasteiger partial charge is 0.392 e. The molecule has 0 spiro atoms. The Labute approximate surface area is 184 Å². The van der Waals surface area contributed by atoms with E-state index in [1.807, 2.05) is 72.8 Å². The summed E-state index contributed by atoms with van der Waals surface area (Å²) in [6, 6.07) is 31.9. The molecule has 2 bridgehead atoms. The lowest BCUT2D eigenvalue weighted by atomic mass is 9.61. The van der Waals surface area contributed by atoms with Crippen LogP contribution >= 0.6 is 0 Å². The highest BCUT2D eigenvalue weighted by molar-refractivity contribution is 6.01. The van der Waals surface area contributed by atoms with Crippen molar-refractivity contribution in [1.29, 1.82) is 0 Å². The van der Waals surface area contributed by atoms with Gasteiger partial charge in [-0.25, -0.2) is 0 Å². The monoisotopic (exact) mass is 418 g/mol. The predicted octanol–water partition coefficient (Wildman–Crippen LogP) is 4.69. The summed E-state index contributed by atoms with van der Waals surface area (Å²) in [5, 5.41) is 2.13. The summed E-state index contributed by atoms with van der Waals surface area (Å²) in [4.78, 5) is 26.3. The Balaban J connectivity index is 1.66. The topological polar surface area (TPSA) is 52.6 Å². The van der Waals surface area contributed by atoms with E-state index in [4.69, 9.17) is 9.47 Å². The first-order valence-electron chi connectivity index (χ1n) is 10.8. The second-order valence-electron chi connectivity index (χ2n) is 8.75. The van der Waals surface area contributed by atoms with Gasteiger partial charge in [-0.1, -0.05) is 84.9 Å². The second kappa shape index (κ2) is 5.93.